The van der Waals surface area contributed by atoms with E-state index in [1.54, 1.807) is 0 Å². The third-order valence-electron chi connectivity index (χ3n) is 4.92. The summed E-state index contributed by atoms with van der Waals surface area (Å²) in [6, 6.07) is 1.91. The Morgan fingerprint density at radius 1 is 1.48 bits per heavy atom. The minimum absolute atomic E-state index is 0.106. The molecule has 0 aromatic carbocycles. The first-order valence-corrected chi connectivity index (χ1v) is 8.59. The molecule has 3 atom stereocenters. The summed E-state index contributed by atoms with van der Waals surface area (Å²) in [7, 11) is 1.92. The van der Waals surface area contributed by atoms with E-state index in [-0.39, 0.29) is 5.91 Å². The topological polar surface area (TPSA) is 46.3 Å². The number of thiophene rings is 1. The zero-order chi connectivity index (χ0) is 14.8. The predicted octanol–water partition coefficient (Wildman–Crippen LogP) is 2.57. The largest absolute Gasteiger partial charge is 0.341 e. The number of hydrogen-bond acceptors (Lipinski definition) is 3. The number of nitrogens with zero attached hydrogens (tertiary/aromatic N) is 1. The molecule has 1 aromatic heterocycles. The Hall–Kier alpha value is -1.31. The van der Waals surface area contributed by atoms with E-state index in [9.17, 15) is 4.79 Å². The standard InChI is InChI=1S/C17H22N2OS/c1-19(11-15-10-12-4-5-14(15)9-12)17(20)16-13(3-2-7-18)6-8-21-16/h6,8,12,14-15H,4-5,7,9-11,18H2,1H3. The van der Waals surface area contributed by atoms with Gasteiger partial charge in [-0.05, 0) is 48.5 Å². The SMILES string of the molecule is CN(CC1CC2CCC1C2)C(=O)c1sccc1C#CCN. The molecule has 0 spiro atoms. The van der Waals surface area contributed by atoms with Gasteiger partial charge in [0.25, 0.3) is 5.91 Å². The van der Waals surface area contributed by atoms with E-state index in [0.29, 0.717) is 12.5 Å². The first-order chi connectivity index (χ1) is 10.2. The second-order valence-electron chi connectivity index (χ2n) is 6.29. The Bertz CT molecular complexity index is 583. The maximum atomic E-state index is 12.6. The van der Waals surface area contributed by atoms with Gasteiger partial charge in [0, 0.05) is 19.2 Å². The summed E-state index contributed by atoms with van der Waals surface area (Å²) in [5, 5.41) is 1.93. The zero-order valence-electron chi connectivity index (χ0n) is 12.5. The van der Waals surface area contributed by atoms with E-state index in [2.05, 4.69) is 11.8 Å². The summed E-state index contributed by atoms with van der Waals surface area (Å²) in [6.45, 7) is 1.21. The minimum Gasteiger partial charge on any atom is -0.341 e. The predicted molar refractivity (Wildman–Crippen MR) is 86.1 cm³/mol. The zero-order valence-corrected chi connectivity index (χ0v) is 13.3. The molecular formula is C17H22N2OS. The Morgan fingerprint density at radius 3 is 3.00 bits per heavy atom. The molecule has 0 aliphatic heterocycles. The summed E-state index contributed by atoms with van der Waals surface area (Å²) in [5.74, 6) is 8.42. The van der Waals surface area contributed by atoms with Gasteiger partial charge in [-0.15, -0.1) is 11.3 Å². The molecule has 1 heterocycles. The fraction of sp³-hybridized carbons (Fsp3) is 0.588. The van der Waals surface area contributed by atoms with Gasteiger partial charge in [-0.25, -0.2) is 0 Å². The molecule has 21 heavy (non-hydrogen) atoms. The second-order valence-corrected chi connectivity index (χ2v) is 7.21. The van der Waals surface area contributed by atoms with Crippen LogP contribution in [0, 0.1) is 29.6 Å². The van der Waals surface area contributed by atoms with Crippen molar-refractivity contribution < 1.29 is 4.79 Å². The van der Waals surface area contributed by atoms with Crippen molar-refractivity contribution >= 4 is 17.2 Å². The molecule has 2 bridgehead atoms. The van der Waals surface area contributed by atoms with Gasteiger partial charge in [-0.1, -0.05) is 18.3 Å². The van der Waals surface area contributed by atoms with Gasteiger partial charge in [0.2, 0.25) is 0 Å². The first kappa shape index (κ1) is 14.6. The smallest absolute Gasteiger partial charge is 0.264 e. The molecule has 3 unspecified atom stereocenters. The van der Waals surface area contributed by atoms with Gasteiger partial charge in [0.1, 0.15) is 4.88 Å². The van der Waals surface area contributed by atoms with Crippen molar-refractivity contribution in [3.8, 4) is 11.8 Å². The van der Waals surface area contributed by atoms with Crippen LogP contribution in [0.1, 0.15) is 40.9 Å². The molecule has 2 saturated carbocycles. The average molecular weight is 302 g/mol. The fourth-order valence-corrected chi connectivity index (χ4v) is 4.77. The van der Waals surface area contributed by atoms with Crippen LogP contribution in [-0.4, -0.2) is 30.9 Å². The third kappa shape index (κ3) is 3.00. The molecule has 2 N–H and O–H groups in total. The lowest BCUT2D eigenvalue weighted by molar-refractivity contribution is 0.0759. The molecule has 0 radical (unpaired) electrons. The van der Waals surface area contributed by atoms with Crippen molar-refractivity contribution in [3.05, 3.63) is 21.9 Å². The van der Waals surface area contributed by atoms with E-state index in [1.807, 2.05) is 23.4 Å². The molecular weight excluding hydrogens is 280 g/mol. The summed E-state index contributed by atoms with van der Waals surface area (Å²) in [6.07, 6.45) is 5.47. The van der Waals surface area contributed by atoms with E-state index in [1.165, 1.54) is 37.0 Å². The van der Waals surface area contributed by atoms with Crippen molar-refractivity contribution in [1.82, 2.24) is 4.90 Å². The van der Waals surface area contributed by atoms with Gasteiger partial charge in [0.15, 0.2) is 0 Å². The summed E-state index contributed by atoms with van der Waals surface area (Å²) < 4.78 is 0. The fourth-order valence-electron chi connectivity index (χ4n) is 3.93. The molecule has 112 valence electrons. The Balaban J connectivity index is 1.66. The van der Waals surface area contributed by atoms with Gasteiger partial charge >= 0.3 is 0 Å². The first-order valence-electron chi connectivity index (χ1n) is 7.71. The maximum Gasteiger partial charge on any atom is 0.264 e. The van der Waals surface area contributed by atoms with Crippen molar-refractivity contribution in [3.63, 3.8) is 0 Å². The number of fused-ring (bicyclic) bond motifs is 2. The monoisotopic (exact) mass is 302 g/mol. The normalized spacial score (nSPS) is 26.5. The molecule has 3 rings (SSSR count). The molecule has 4 heteroatoms. The van der Waals surface area contributed by atoms with Gasteiger partial charge < -0.3 is 10.6 Å². The Morgan fingerprint density at radius 2 is 2.33 bits per heavy atom. The highest BCUT2D eigenvalue weighted by atomic mass is 32.1. The van der Waals surface area contributed by atoms with E-state index < -0.39 is 0 Å². The molecule has 2 aliphatic carbocycles. The van der Waals surface area contributed by atoms with Crippen LogP contribution in [0.15, 0.2) is 11.4 Å². The molecule has 2 fully saturated rings. The number of amides is 1. The van der Waals surface area contributed by atoms with Crippen LogP contribution >= 0.6 is 11.3 Å². The van der Waals surface area contributed by atoms with E-state index in [4.69, 9.17) is 5.73 Å². The van der Waals surface area contributed by atoms with Crippen molar-refractivity contribution in [2.75, 3.05) is 20.1 Å². The molecule has 0 saturated heterocycles. The highest BCUT2D eigenvalue weighted by Crippen LogP contribution is 2.48. The number of hydrogen-bond donors (Lipinski definition) is 1. The number of carbonyl (C=O) groups is 1. The maximum absolute atomic E-state index is 12.6. The summed E-state index contributed by atoms with van der Waals surface area (Å²) in [5.41, 5.74) is 6.22. The van der Waals surface area contributed by atoms with Crippen LogP contribution in [0.4, 0.5) is 0 Å². The van der Waals surface area contributed by atoms with Crippen molar-refractivity contribution in [2.45, 2.75) is 25.7 Å². The van der Waals surface area contributed by atoms with Gasteiger partial charge in [-0.2, -0.15) is 0 Å². The van der Waals surface area contributed by atoms with Crippen molar-refractivity contribution in [2.24, 2.45) is 23.5 Å². The second kappa shape index (κ2) is 6.21. The van der Waals surface area contributed by atoms with Crippen molar-refractivity contribution in [1.29, 1.82) is 0 Å². The quantitative estimate of drug-likeness (QED) is 0.872. The van der Waals surface area contributed by atoms with Crippen LogP contribution in [0.5, 0.6) is 0 Å². The van der Waals surface area contributed by atoms with E-state index >= 15 is 0 Å². The van der Waals surface area contributed by atoms with Crippen LogP contribution < -0.4 is 5.73 Å². The van der Waals surface area contributed by atoms with Crippen LogP contribution in [0.3, 0.4) is 0 Å². The molecule has 2 aliphatic rings. The Kier molecular flexibility index (Phi) is 4.32. The highest BCUT2D eigenvalue weighted by molar-refractivity contribution is 7.12. The summed E-state index contributed by atoms with van der Waals surface area (Å²) >= 11 is 1.48. The lowest BCUT2D eigenvalue weighted by Gasteiger charge is -2.27. The van der Waals surface area contributed by atoms with Crippen LogP contribution in [0.25, 0.3) is 0 Å². The van der Waals surface area contributed by atoms with Gasteiger partial charge in [0.05, 0.1) is 6.54 Å². The molecule has 1 amide bonds. The number of nitrogens with two attached hydrogens (primary N) is 1. The van der Waals surface area contributed by atoms with E-state index in [0.717, 1.165) is 28.8 Å². The lowest BCUT2D eigenvalue weighted by Crippen LogP contribution is -2.33. The Labute approximate surface area is 130 Å². The summed E-state index contributed by atoms with van der Waals surface area (Å²) in [4.78, 5) is 15.3. The molecule has 3 nitrogen and oxygen atoms in total. The number of carbonyl (C=O) groups excluding carboxylic acids is 1. The highest BCUT2D eigenvalue weighted by Gasteiger charge is 2.40. The number of rotatable bonds is 3. The lowest BCUT2D eigenvalue weighted by atomic mass is 9.88. The third-order valence-corrected chi connectivity index (χ3v) is 5.83. The van der Waals surface area contributed by atoms with Gasteiger partial charge in [-0.3, -0.25) is 4.79 Å². The van der Waals surface area contributed by atoms with Crippen LogP contribution in [-0.2, 0) is 0 Å². The average Bonchev–Trinajstić information content (AvgIpc) is 3.20. The van der Waals surface area contributed by atoms with Crippen LogP contribution in [0.2, 0.25) is 0 Å². The molecule has 1 aromatic rings. The minimum atomic E-state index is 0.106.